The van der Waals surface area contributed by atoms with Crippen molar-refractivity contribution in [1.82, 2.24) is 5.32 Å². The average Bonchev–Trinajstić information content (AvgIpc) is 3.02. The predicted molar refractivity (Wildman–Crippen MR) is 90.2 cm³/mol. The van der Waals surface area contributed by atoms with Gasteiger partial charge in [-0.1, -0.05) is 23.7 Å². The molecule has 0 unspecified atom stereocenters. The third-order valence-electron chi connectivity index (χ3n) is 3.53. The normalized spacial score (nSPS) is 10.6. The summed E-state index contributed by atoms with van der Waals surface area (Å²) in [5.74, 6) is -0.496. The Bertz CT molecular complexity index is 899. The number of nitrogens with one attached hydrogen (secondary N) is 1. The fraction of sp³-hybridized carbons (Fsp3) is 0.111. The van der Waals surface area contributed by atoms with E-state index < -0.39 is 5.97 Å². The van der Waals surface area contributed by atoms with Crippen molar-refractivity contribution in [2.45, 2.75) is 6.54 Å². The second kappa shape index (κ2) is 6.76. The van der Waals surface area contributed by atoms with Crippen molar-refractivity contribution in [2.75, 3.05) is 7.11 Å². The maximum absolute atomic E-state index is 12.2. The molecule has 1 amide bonds. The van der Waals surface area contributed by atoms with Crippen LogP contribution in [0.25, 0.3) is 11.0 Å². The van der Waals surface area contributed by atoms with Crippen LogP contribution in [0.3, 0.4) is 0 Å². The molecule has 0 aliphatic carbocycles. The summed E-state index contributed by atoms with van der Waals surface area (Å²) in [6.45, 7) is 0.318. The summed E-state index contributed by atoms with van der Waals surface area (Å²) >= 11 is 5.92. The molecule has 0 saturated heterocycles. The third kappa shape index (κ3) is 3.41. The molecule has 0 spiro atoms. The summed E-state index contributed by atoms with van der Waals surface area (Å²) in [7, 11) is 1.33. The van der Waals surface area contributed by atoms with Crippen LogP contribution in [0.4, 0.5) is 0 Å². The molecule has 2 aromatic carbocycles. The molecule has 3 aromatic rings. The predicted octanol–water partition coefficient (Wildman–Crippen LogP) is 3.80. The Morgan fingerprint density at radius 1 is 1.12 bits per heavy atom. The first-order valence-corrected chi connectivity index (χ1v) is 7.59. The number of benzene rings is 2. The van der Waals surface area contributed by atoms with E-state index in [-0.39, 0.29) is 11.7 Å². The number of fused-ring (bicyclic) bond motifs is 1. The van der Waals surface area contributed by atoms with Crippen LogP contribution in [-0.4, -0.2) is 19.0 Å². The Balaban J connectivity index is 1.67. The Hall–Kier alpha value is -2.79. The zero-order chi connectivity index (χ0) is 17.1. The van der Waals surface area contributed by atoms with Gasteiger partial charge in [-0.3, -0.25) is 4.79 Å². The zero-order valence-corrected chi connectivity index (χ0v) is 13.6. The van der Waals surface area contributed by atoms with Crippen molar-refractivity contribution in [3.63, 3.8) is 0 Å². The number of hydrogen-bond donors (Lipinski definition) is 1. The largest absolute Gasteiger partial charge is 0.465 e. The van der Waals surface area contributed by atoms with E-state index in [2.05, 4.69) is 10.1 Å². The molecule has 5 nitrogen and oxygen atoms in total. The second-order valence-electron chi connectivity index (χ2n) is 5.16. The van der Waals surface area contributed by atoms with Crippen LogP contribution in [0, 0.1) is 0 Å². The molecule has 0 bridgehead atoms. The van der Waals surface area contributed by atoms with Crippen molar-refractivity contribution in [3.05, 3.63) is 70.4 Å². The first-order valence-electron chi connectivity index (χ1n) is 7.21. The number of furan rings is 1. The molecule has 6 heteroatoms. The molecule has 0 aliphatic rings. The average molecular weight is 344 g/mol. The molecule has 0 radical (unpaired) electrons. The van der Waals surface area contributed by atoms with Gasteiger partial charge in [0.25, 0.3) is 5.91 Å². The molecular formula is C18H14ClNO4. The lowest BCUT2D eigenvalue weighted by atomic mass is 10.1. The van der Waals surface area contributed by atoms with Crippen LogP contribution in [0.1, 0.15) is 26.5 Å². The summed E-state index contributed by atoms with van der Waals surface area (Å²) in [6.07, 6.45) is 0. The van der Waals surface area contributed by atoms with Gasteiger partial charge in [0.1, 0.15) is 5.58 Å². The van der Waals surface area contributed by atoms with Crippen LogP contribution in [0.15, 0.2) is 52.9 Å². The van der Waals surface area contributed by atoms with E-state index in [1.807, 2.05) is 0 Å². The standard InChI is InChI=1S/C18H14ClNO4/c1-23-18(22)12-4-2-11(3-5-12)10-20-17(21)16-9-13-8-14(19)6-7-15(13)24-16/h2-9H,10H2,1H3,(H,20,21). The van der Waals surface area contributed by atoms with Crippen molar-refractivity contribution < 1.29 is 18.7 Å². The fourth-order valence-corrected chi connectivity index (χ4v) is 2.45. The molecule has 0 fully saturated rings. The molecule has 0 atom stereocenters. The minimum atomic E-state index is -0.397. The lowest BCUT2D eigenvalue weighted by Gasteiger charge is -2.04. The van der Waals surface area contributed by atoms with Gasteiger partial charge in [0, 0.05) is 17.0 Å². The highest BCUT2D eigenvalue weighted by molar-refractivity contribution is 6.31. The Labute approximate surface area is 143 Å². The number of methoxy groups -OCH3 is 1. The van der Waals surface area contributed by atoms with Gasteiger partial charge < -0.3 is 14.5 Å². The van der Waals surface area contributed by atoms with E-state index >= 15 is 0 Å². The highest BCUT2D eigenvalue weighted by Crippen LogP contribution is 2.23. The molecule has 122 valence electrons. The van der Waals surface area contributed by atoms with Gasteiger partial charge >= 0.3 is 5.97 Å². The van der Waals surface area contributed by atoms with Gasteiger partial charge in [-0.05, 0) is 42.0 Å². The van der Waals surface area contributed by atoms with Crippen LogP contribution < -0.4 is 5.32 Å². The lowest BCUT2D eigenvalue weighted by molar-refractivity contribution is 0.0600. The Kier molecular flexibility index (Phi) is 4.53. The zero-order valence-electron chi connectivity index (χ0n) is 12.8. The number of hydrogen-bond acceptors (Lipinski definition) is 4. The molecule has 0 saturated carbocycles. The van der Waals surface area contributed by atoms with Crippen LogP contribution in [0.5, 0.6) is 0 Å². The van der Waals surface area contributed by atoms with Crippen LogP contribution >= 0.6 is 11.6 Å². The number of amides is 1. The number of ether oxygens (including phenoxy) is 1. The molecule has 0 aliphatic heterocycles. The highest BCUT2D eigenvalue weighted by atomic mass is 35.5. The summed E-state index contributed by atoms with van der Waals surface area (Å²) in [4.78, 5) is 23.6. The second-order valence-corrected chi connectivity index (χ2v) is 5.60. The molecule has 24 heavy (non-hydrogen) atoms. The fourth-order valence-electron chi connectivity index (χ4n) is 2.27. The number of esters is 1. The number of rotatable bonds is 4. The van der Waals surface area contributed by atoms with Crippen LogP contribution in [0.2, 0.25) is 5.02 Å². The van der Waals surface area contributed by atoms with Gasteiger partial charge in [0.15, 0.2) is 5.76 Å². The molecule has 1 aromatic heterocycles. The summed E-state index contributed by atoms with van der Waals surface area (Å²) in [5, 5.41) is 4.13. The van der Waals surface area contributed by atoms with Gasteiger partial charge in [0.2, 0.25) is 0 Å². The van der Waals surface area contributed by atoms with E-state index in [1.54, 1.807) is 48.5 Å². The first kappa shape index (κ1) is 16.1. The van der Waals surface area contributed by atoms with E-state index in [9.17, 15) is 9.59 Å². The number of carbonyl (C=O) groups is 2. The van der Waals surface area contributed by atoms with Crippen molar-refractivity contribution in [3.8, 4) is 0 Å². The molecular weight excluding hydrogens is 330 g/mol. The molecule has 1 N–H and O–H groups in total. The highest BCUT2D eigenvalue weighted by Gasteiger charge is 2.12. The minimum absolute atomic E-state index is 0.221. The van der Waals surface area contributed by atoms with E-state index in [0.29, 0.717) is 22.7 Å². The molecule has 3 rings (SSSR count). The maximum Gasteiger partial charge on any atom is 0.337 e. The smallest absolute Gasteiger partial charge is 0.337 e. The summed E-state index contributed by atoms with van der Waals surface area (Å²) < 4.78 is 10.1. The Morgan fingerprint density at radius 2 is 1.88 bits per heavy atom. The first-order chi connectivity index (χ1) is 11.6. The maximum atomic E-state index is 12.2. The van der Waals surface area contributed by atoms with E-state index in [0.717, 1.165) is 10.9 Å². The van der Waals surface area contributed by atoms with Gasteiger partial charge in [-0.2, -0.15) is 0 Å². The minimum Gasteiger partial charge on any atom is -0.465 e. The summed E-state index contributed by atoms with van der Waals surface area (Å²) in [5.41, 5.74) is 1.92. The van der Waals surface area contributed by atoms with Crippen molar-refractivity contribution in [1.29, 1.82) is 0 Å². The van der Waals surface area contributed by atoms with Gasteiger partial charge in [-0.15, -0.1) is 0 Å². The third-order valence-corrected chi connectivity index (χ3v) is 3.77. The SMILES string of the molecule is COC(=O)c1ccc(CNC(=O)c2cc3cc(Cl)ccc3o2)cc1. The monoisotopic (exact) mass is 343 g/mol. The topological polar surface area (TPSA) is 68.5 Å². The van der Waals surface area contributed by atoms with E-state index in [4.69, 9.17) is 16.0 Å². The molecule has 1 heterocycles. The van der Waals surface area contributed by atoms with Gasteiger partial charge in [-0.25, -0.2) is 4.79 Å². The number of halogens is 1. The van der Waals surface area contributed by atoms with Gasteiger partial charge in [0.05, 0.1) is 12.7 Å². The quantitative estimate of drug-likeness (QED) is 0.731. The van der Waals surface area contributed by atoms with Crippen molar-refractivity contribution in [2.24, 2.45) is 0 Å². The lowest BCUT2D eigenvalue weighted by Crippen LogP contribution is -2.22. The Morgan fingerprint density at radius 3 is 2.58 bits per heavy atom. The number of carbonyl (C=O) groups excluding carboxylic acids is 2. The van der Waals surface area contributed by atoms with Crippen molar-refractivity contribution >= 4 is 34.4 Å². The summed E-state index contributed by atoms with van der Waals surface area (Å²) in [6, 6.07) is 13.6. The van der Waals surface area contributed by atoms with Crippen LogP contribution in [-0.2, 0) is 11.3 Å². The van der Waals surface area contributed by atoms with E-state index in [1.165, 1.54) is 7.11 Å².